The third-order valence-electron chi connectivity index (χ3n) is 1.63. The van der Waals surface area contributed by atoms with Gasteiger partial charge in [0, 0.05) is 0 Å². The smallest absolute Gasteiger partial charge is 0.175 e. The highest BCUT2D eigenvalue weighted by atomic mass is 35.5. The molecule has 2 aromatic rings. The van der Waals surface area contributed by atoms with E-state index in [0.717, 1.165) is 0 Å². The van der Waals surface area contributed by atoms with Gasteiger partial charge < -0.3 is 10.2 Å². The van der Waals surface area contributed by atoms with E-state index in [4.69, 9.17) is 21.8 Å². The number of hydrogen-bond acceptors (Lipinski definition) is 4. The molecule has 66 valence electrons. The lowest BCUT2D eigenvalue weighted by molar-refractivity contribution is 0.582. The number of hydrogen-bond donors (Lipinski definition) is 1. The minimum Gasteiger partial charge on any atom is -0.464 e. The maximum atomic E-state index is 5.69. The number of aromatic nitrogens is 2. The molecule has 0 unspecified atom stereocenters. The third kappa shape index (κ3) is 1.36. The van der Waals surface area contributed by atoms with Gasteiger partial charge in [-0.3, -0.25) is 0 Å². The molecule has 4 nitrogen and oxygen atoms in total. The van der Waals surface area contributed by atoms with Crippen molar-refractivity contribution in [1.29, 1.82) is 0 Å². The molecular weight excluding hydrogens is 190 g/mol. The standard InChI is InChI=1S/C8H6ClN3O/c9-8-7(10)5(4-11-12-8)6-2-1-3-13-6/h1-4H,(H2,10,11). The minimum absolute atomic E-state index is 0.189. The Morgan fingerprint density at radius 1 is 1.46 bits per heavy atom. The Hall–Kier alpha value is -1.55. The Morgan fingerprint density at radius 2 is 2.31 bits per heavy atom. The van der Waals surface area contributed by atoms with E-state index in [1.54, 1.807) is 18.4 Å². The number of nitrogens with zero attached hydrogens (tertiary/aromatic N) is 2. The van der Waals surface area contributed by atoms with Crippen molar-refractivity contribution in [2.45, 2.75) is 0 Å². The fourth-order valence-corrected chi connectivity index (χ4v) is 1.15. The summed E-state index contributed by atoms with van der Waals surface area (Å²) in [6.45, 7) is 0. The number of halogens is 1. The molecule has 13 heavy (non-hydrogen) atoms. The van der Waals surface area contributed by atoms with Gasteiger partial charge in [0.2, 0.25) is 0 Å². The fraction of sp³-hybridized carbons (Fsp3) is 0. The summed E-state index contributed by atoms with van der Waals surface area (Å²) in [5, 5.41) is 7.47. The van der Waals surface area contributed by atoms with E-state index in [2.05, 4.69) is 10.2 Å². The lowest BCUT2D eigenvalue weighted by Gasteiger charge is -2.00. The molecule has 5 heteroatoms. The van der Waals surface area contributed by atoms with Gasteiger partial charge >= 0.3 is 0 Å². The quantitative estimate of drug-likeness (QED) is 0.756. The zero-order valence-corrected chi connectivity index (χ0v) is 7.32. The highest BCUT2D eigenvalue weighted by molar-refractivity contribution is 6.32. The molecule has 0 aliphatic rings. The van der Waals surface area contributed by atoms with Crippen molar-refractivity contribution in [2.24, 2.45) is 0 Å². The molecule has 0 atom stereocenters. The normalized spacial score (nSPS) is 10.2. The van der Waals surface area contributed by atoms with Crippen molar-refractivity contribution in [3.05, 3.63) is 29.7 Å². The van der Waals surface area contributed by atoms with Gasteiger partial charge in [-0.25, -0.2) is 0 Å². The third-order valence-corrected chi connectivity index (χ3v) is 1.91. The van der Waals surface area contributed by atoms with E-state index in [-0.39, 0.29) is 5.15 Å². The Morgan fingerprint density at radius 3 is 3.00 bits per heavy atom. The van der Waals surface area contributed by atoms with Crippen molar-refractivity contribution in [3.63, 3.8) is 0 Å². The monoisotopic (exact) mass is 195 g/mol. The maximum Gasteiger partial charge on any atom is 0.175 e. The number of furan rings is 1. The molecule has 0 aromatic carbocycles. The molecule has 2 rings (SSSR count). The van der Waals surface area contributed by atoms with E-state index in [9.17, 15) is 0 Å². The molecule has 0 radical (unpaired) electrons. The zero-order valence-electron chi connectivity index (χ0n) is 6.57. The average Bonchev–Trinajstić information content (AvgIpc) is 2.62. The van der Waals surface area contributed by atoms with Crippen LogP contribution in [-0.4, -0.2) is 10.2 Å². The molecule has 0 spiro atoms. The zero-order chi connectivity index (χ0) is 9.26. The van der Waals surface area contributed by atoms with Gasteiger partial charge in [-0.1, -0.05) is 11.6 Å². The van der Waals surface area contributed by atoms with Gasteiger partial charge in [0.1, 0.15) is 5.76 Å². The van der Waals surface area contributed by atoms with E-state index < -0.39 is 0 Å². The van der Waals surface area contributed by atoms with Crippen molar-refractivity contribution in [2.75, 3.05) is 5.73 Å². The fourth-order valence-electron chi connectivity index (χ4n) is 1.000. The summed E-state index contributed by atoms with van der Waals surface area (Å²) < 4.78 is 5.15. The van der Waals surface area contributed by atoms with Crippen LogP contribution in [0.15, 0.2) is 29.0 Å². The van der Waals surface area contributed by atoms with Gasteiger partial charge in [0.15, 0.2) is 5.15 Å². The van der Waals surface area contributed by atoms with Crippen LogP contribution >= 0.6 is 11.6 Å². The molecule has 0 fully saturated rings. The van der Waals surface area contributed by atoms with Gasteiger partial charge in [0.25, 0.3) is 0 Å². The van der Waals surface area contributed by atoms with Crippen molar-refractivity contribution >= 4 is 17.3 Å². The highest BCUT2D eigenvalue weighted by Gasteiger charge is 2.09. The molecule has 0 aliphatic carbocycles. The number of rotatable bonds is 1. The first-order chi connectivity index (χ1) is 6.29. The largest absolute Gasteiger partial charge is 0.464 e. The summed E-state index contributed by atoms with van der Waals surface area (Å²) in [5.74, 6) is 0.634. The van der Waals surface area contributed by atoms with Crippen LogP contribution in [0.3, 0.4) is 0 Å². The molecule has 0 aliphatic heterocycles. The molecular formula is C8H6ClN3O. The van der Waals surface area contributed by atoms with Crippen LogP contribution in [0.5, 0.6) is 0 Å². The molecule has 2 N–H and O–H groups in total. The van der Waals surface area contributed by atoms with Crippen LogP contribution in [0.25, 0.3) is 11.3 Å². The van der Waals surface area contributed by atoms with Crippen molar-refractivity contribution < 1.29 is 4.42 Å². The maximum absolute atomic E-state index is 5.69. The van der Waals surface area contributed by atoms with Gasteiger partial charge in [-0.05, 0) is 12.1 Å². The first-order valence-corrected chi connectivity index (χ1v) is 3.97. The first-order valence-electron chi connectivity index (χ1n) is 3.59. The first kappa shape index (κ1) is 8.07. The molecule has 0 saturated carbocycles. The van der Waals surface area contributed by atoms with Crippen LogP contribution in [-0.2, 0) is 0 Å². The Kier molecular flexibility index (Phi) is 1.90. The summed E-state index contributed by atoms with van der Waals surface area (Å²) in [4.78, 5) is 0. The topological polar surface area (TPSA) is 64.9 Å². The summed E-state index contributed by atoms with van der Waals surface area (Å²) in [6, 6.07) is 3.55. The number of anilines is 1. The van der Waals surface area contributed by atoms with Gasteiger partial charge in [0.05, 0.1) is 23.7 Å². The second kappa shape index (κ2) is 3.06. The van der Waals surface area contributed by atoms with Crippen LogP contribution in [0.1, 0.15) is 0 Å². The predicted molar refractivity (Wildman–Crippen MR) is 49.2 cm³/mol. The molecule has 2 aromatic heterocycles. The van der Waals surface area contributed by atoms with E-state index in [1.807, 2.05) is 0 Å². The second-order valence-electron chi connectivity index (χ2n) is 2.44. The molecule has 0 amide bonds. The van der Waals surface area contributed by atoms with Crippen molar-refractivity contribution in [3.8, 4) is 11.3 Å². The van der Waals surface area contributed by atoms with Crippen LogP contribution in [0, 0.1) is 0 Å². The Labute approximate surface area is 79.3 Å². The lowest BCUT2D eigenvalue weighted by Crippen LogP contribution is -1.94. The van der Waals surface area contributed by atoms with E-state index >= 15 is 0 Å². The highest BCUT2D eigenvalue weighted by Crippen LogP contribution is 2.28. The lowest BCUT2D eigenvalue weighted by atomic mass is 10.2. The molecule has 0 saturated heterocycles. The van der Waals surface area contributed by atoms with Crippen molar-refractivity contribution in [1.82, 2.24) is 10.2 Å². The van der Waals surface area contributed by atoms with Crippen LogP contribution in [0.4, 0.5) is 5.69 Å². The number of nitrogen functional groups attached to an aromatic ring is 1. The molecule has 0 bridgehead atoms. The summed E-state index contributed by atoms with van der Waals surface area (Å²) in [7, 11) is 0. The van der Waals surface area contributed by atoms with Crippen LogP contribution < -0.4 is 5.73 Å². The van der Waals surface area contributed by atoms with E-state index in [0.29, 0.717) is 17.0 Å². The molecule has 2 heterocycles. The Bertz CT molecular complexity index is 413. The van der Waals surface area contributed by atoms with Gasteiger partial charge in [-0.15, -0.1) is 5.10 Å². The summed E-state index contributed by atoms with van der Waals surface area (Å²) in [5.41, 5.74) is 6.72. The summed E-state index contributed by atoms with van der Waals surface area (Å²) in [6.07, 6.45) is 3.07. The van der Waals surface area contributed by atoms with E-state index in [1.165, 1.54) is 6.20 Å². The minimum atomic E-state index is 0.189. The predicted octanol–water partition coefficient (Wildman–Crippen LogP) is 1.97. The van der Waals surface area contributed by atoms with Crippen LogP contribution in [0.2, 0.25) is 5.15 Å². The average molecular weight is 196 g/mol. The Balaban J connectivity index is 2.59. The SMILES string of the molecule is Nc1c(-c2ccco2)cnnc1Cl. The second-order valence-corrected chi connectivity index (χ2v) is 2.80. The summed E-state index contributed by atoms with van der Waals surface area (Å²) >= 11 is 5.69. The van der Waals surface area contributed by atoms with Gasteiger partial charge in [-0.2, -0.15) is 5.10 Å². The number of nitrogens with two attached hydrogens (primary N) is 1.